The summed E-state index contributed by atoms with van der Waals surface area (Å²) >= 11 is 5.40. The molecule has 0 fully saturated rings. The number of aromatic nitrogens is 2. The first kappa shape index (κ1) is 22.9. The van der Waals surface area contributed by atoms with Crippen LogP contribution < -0.4 is 0 Å². The molecule has 2 aromatic heterocycles. The van der Waals surface area contributed by atoms with Crippen LogP contribution in [0.2, 0.25) is 0 Å². The molecule has 32 heavy (non-hydrogen) atoms. The van der Waals surface area contributed by atoms with Crippen LogP contribution >= 0.6 is 39.0 Å². The van der Waals surface area contributed by atoms with Crippen molar-refractivity contribution in [3.63, 3.8) is 0 Å². The number of carbonyl (C=O) groups is 1. The Kier molecular flexibility index (Phi) is 6.14. The molecule has 4 aromatic rings. The Morgan fingerprint density at radius 3 is 2.69 bits per heavy atom. The summed E-state index contributed by atoms with van der Waals surface area (Å²) < 4.78 is 56.5. The van der Waals surface area contributed by atoms with Crippen LogP contribution in [0.5, 0.6) is 0 Å². The van der Waals surface area contributed by atoms with Crippen LogP contribution in [0.4, 0.5) is 8.78 Å². The van der Waals surface area contributed by atoms with E-state index in [1.807, 2.05) is 0 Å². The van der Waals surface area contributed by atoms with Gasteiger partial charge in [0.1, 0.15) is 16.5 Å². The molecule has 12 heteroatoms. The Hall–Kier alpha value is -2.28. The minimum absolute atomic E-state index is 0.00604. The number of halogens is 3. The lowest BCUT2D eigenvalue weighted by Gasteiger charge is -2.09. The molecule has 0 atom stereocenters. The van der Waals surface area contributed by atoms with Gasteiger partial charge in [0.2, 0.25) is 9.84 Å². The van der Waals surface area contributed by atoms with Gasteiger partial charge < -0.3 is 9.67 Å². The van der Waals surface area contributed by atoms with Gasteiger partial charge in [-0.2, -0.15) is 0 Å². The number of sulfone groups is 1. The predicted molar refractivity (Wildman–Crippen MR) is 121 cm³/mol. The smallest absolute Gasteiger partial charge is 0.345 e. The zero-order valence-electron chi connectivity index (χ0n) is 16.2. The molecule has 0 spiro atoms. The second kappa shape index (κ2) is 8.58. The SMILES string of the molecule is CSc1sc(C(=O)O)cc1S(=O)(=O)c1cc(Br)c2c(c1)ncn2Cc1cc(F)ccc1F. The van der Waals surface area contributed by atoms with Gasteiger partial charge in [-0.3, -0.25) is 0 Å². The van der Waals surface area contributed by atoms with E-state index in [2.05, 4.69) is 20.9 Å². The molecule has 4 rings (SSSR count). The van der Waals surface area contributed by atoms with Crippen LogP contribution in [0, 0.1) is 11.6 Å². The number of carboxylic acid groups (broad SMARTS) is 1. The van der Waals surface area contributed by atoms with Crippen LogP contribution in [-0.2, 0) is 16.4 Å². The predicted octanol–water partition coefficient (Wildman–Crippen LogP) is 5.44. The van der Waals surface area contributed by atoms with E-state index in [9.17, 15) is 27.1 Å². The van der Waals surface area contributed by atoms with Gasteiger partial charge in [-0.25, -0.2) is 27.0 Å². The Balaban J connectivity index is 1.80. The summed E-state index contributed by atoms with van der Waals surface area (Å²) in [5.74, 6) is -2.34. The Bertz CT molecular complexity index is 1480. The molecule has 1 N–H and O–H groups in total. The lowest BCUT2D eigenvalue weighted by Crippen LogP contribution is -2.04. The molecular weight excluding hydrogens is 546 g/mol. The van der Waals surface area contributed by atoms with Gasteiger partial charge in [0, 0.05) is 10.0 Å². The Labute approximate surface area is 198 Å². The lowest BCUT2D eigenvalue weighted by molar-refractivity contribution is 0.0702. The second-order valence-electron chi connectivity index (χ2n) is 6.66. The van der Waals surface area contributed by atoms with Crippen LogP contribution in [-0.4, -0.2) is 35.3 Å². The van der Waals surface area contributed by atoms with E-state index < -0.39 is 27.4 Å². The molecule has 0 unspecified atom stereocenters. The van der Waals surface area contributed by atoms with Gasteiger partial charge in [0.15, 0.2) is 0 Å². The molecule has 0 aliphatic heterocycles. The topological polar surface area (TPSA) is 89.3 Å². The number of hydrogen-bond donors (Lipinski definition) is 1. The van der Waals surface area contributed by atoms with Crippen molar-refractivity contribution >= 4 is 65.9 Å². The fourth-order valence-corrected chi connectivity index (χ4v) is 7.88. The number of nitrogens with zero attached hydrogens (tertiary/aromatic N) is 2. The normalized spacial score (nSPS) is 11.9. The van der Waals surface area contributed by atoms with Crippen LogP contribution in [0.15, 0.2) is 61.2 Å². The van der Waals surface area contributed by atoms with E-state index in [-0.39, 0.29) is 26.8 Å². The van der Waals surface area contributed by atoms with E-state index in [1.54, 1.807) is 10.8 Å². The molecule has 0 bridgehead atoms. The van der Waals surface area contributed by atoms with Gasteiger partial charge in [-0.05, 0) is 58.6 Å². The monoisotopic (exact) mass is 558 g/mol. The highest BCUT2D eigenvalue weighted by Gasteiger charge is 2.27. The number of thioether (sulfide) groups is 1. The molecule has 0 saturated heterocycles. The maximum Gasteiger partial charge on any atom is 0.345 e. The Morgan fingerprint density at radius 2 is 2.00 bits per heavy atom. The van der Waals surface area contributed by atoms with Gasteiger partial charge in [0.25, 0.3) is 0 Å². The first-order chi connectivity index (χ1) is 15.1. The van der Waals surface area contributed by atoms with E-state index in [1.165, 1.54) is 18.5 Å². The standard InChI is InChI=1S/C20H13BrF2N2O4S3/c1-30-20-17(7-16(31-20)19(26)27)32(28,29)12-5-13(21)18-15(6-12)24-9-25(18)8-10-4-11(22)2-3-14(10)23/h2-7,9H,8H2,1H3,(H,26,27). The lowest BCUT2D eigenvalue weighted by atomic mass is 10.2. The summed E-state index contributed by atoms with van der Waals surface area (Å²) in [6, 6.07) is 7.07. The maximum atomic E-state index is 14.1. The minimum Gasteiger partial charge on any atom is -0.477 e. The van der Waals surface area contributed by atoms with Crippen molar-refractivity contribution in [2.24, 2.45) is 0 Å². The molecule has 2 aromatic carbocycles. The van der Waals surface area contributed by atoms with Crippen molar-refractivity contribution in [2.45, 2.75) is 20.5 Å². The van der Waals surface area contributed by atoms with Crippen molar-refractivity contribution in [1.29, 1.82) is 0 Å². The van der Waals surface area contributed by atoms with Crippen LogP contribution in [0.3, 0.4) is 0 Å². The summed E-state index contributed by atoms with van der Waals surface area (Å²) in [5, 5.41) is 9.24. The molecule has 0 amide bonds. The molecule has 0 saturated carbocycles. The quantitative estimate of drug-likeness (QED) is 0.317. The molecule has 0 radical (unpaired) electrons. The van der Waals surface area contributed by atoms with E-state index in [4.69, 9.17) is 0 Å². The third-order valence-corrected chi connectivity index (χ3v) is 9.53. The van der Waals surface area contributed by atoms with Gasteiger partial charge in [-0.15, -0.1) is 23.1 Å². The first-order valence-corrected chi connectivity index (χ1v) is 13.2. The molecule has 2 heterocycles. The summed E-state index contributed by atoms with van der Waals surface area (Å²) in [6.07, 6.45) is 3.08. The first-order valence-electron chi connectivity index (χ1n) is 8.86. The molecule has 0 aliphatic rings. The van der Waals surface area contributed by atoms with Gasteiger partial charge in [0.05, 0.1) is 37.9 Å². The van der Waals surface area contributed by atoms with E-state index in [0.29, 0.717) is 19.7 Å². The van der Waals surface area contributed by atoms with Crippen molar-refractivity contribution < 1.29 is 27.1 Å². The average Bonchev–Trinajstić information content (AvgIpc) is 3.36. The minimum atomic E-state index is -4.03. The highest BCUT2D eigenvalue weighted by molar-refractivity contribution is 9.10. The Morgan fingerprint density at radius 1 is 1.25 bits per heavy atom. The number of carboxylic acids is 1. The van der Waals surface area contributed by atoms with Gasteiger partial charge in [-0.1, -0.05) is 0 Å². The third-order valence-electron chi connectivity index (χ3n) is 4.65. The van der Waals surface area contributed by atoms with Crippen molar-refractivity contribution in [2.75, 3.05) is 6.26 Å². The third kappa shape index (κ3) is 4.07. The van der Waals surface area contributed by atoms with E-state index in [0.717, 1.165) is 47.4 Å². The highest BCUT2D eigenvalue weighted by Crippen LogP contribution is 2.38. The van der Waals surface area contributed by atoms with Gasteiger partial charge >= 0.3 is 5.97 Å². The zero-order chi connectivity index (χ0) is 23.2. The largest absolute Gasteiger partial charge is 0.477 e. The molecular formula is C20H13BrF2N2O4S3. The number of hydrogen-bond acceptors (Lipinski definition) is 6. The van der Waals surface area contributed by atoms with Crippen molar-refractivity contribution in [1.82, 2.24) is 9.55 Å². The summed E-state index contributed by atoms with van der Waals surface area (Å²) in [4.78, 5) is 15.3. The summed E-state index contributed by atoms with van der Waals surface area (Å²) in [7, 11) is -4.03. The van der Waals surface area contributed by atoms with Crippen molar-refractivity contribution in [3.05, 3.63) is 69.3 Å². The second-order valence-corrected chi connectivity index (χ2v) is 11.6. The summed E-state index contributed by atoms with van der Waals surface area (Å²) in [6.45, 7) is -0.00604. The van der Waals surface area contributed by atoms with Crippen LogP contribution in [0.25, 0.3) is 11.0 Å². The number of rotatable bonds is 6. The van der Waals surface area contributed by atoms with E-state index >= 15 is 0 Å². The molecule has 166 valence electrons. The highest BCUT2D eigenvalue weighted by atomic mass is 79.9. The fourth-order valence-electron chi connectivity index (χ4n) is 3.18. The number of benzene rings is 2. The summed E-state index contributed by atoms with van der Waals surface area (Å²) in [5.41, 5.74) is 0.959. The number of fused-ring (bicyclic) bond motifs is 1. The number of thiophene rings is 1. The van der Waals surface area contributed by atoms with Crippen molar-refractivity contribution in [3.8, 4) is 0 Å². The van der Waals surface area contributed by atoms with Crippen LogP contribution in [0.1, 0.15) is 15.2 Å². The fraction of sp³-hybridized carbons (Fsp3) is 0.100. The molecule has 6 nitrogen and oxygen atoms in total. The zero-order valence-corrected chi connectivity index (χ0v) is 20.2. The maximum absolute atomic E-state index is 14.1. The molecule has 0 aliphatic carbocycles. The number of aromatic carboxylic acids is 1. The number of imidazole rings is 1. The average molecular weight is 559 g/mol.